The summed E-state index contributed by atoms with van der Waals surface area (Å²) in [6.45, 7) is 5.38. The number of aryl methyl sites for hydroxylation is 1. The highest BCUT2D eigenvalue weighted by atomic mass is 35.5. The van der Waals surface area contributed by atoms with Crippen LogP contribution in [0.25, 0.3) is 0 Å². The first kappa shape index (κ1) is 17.9. The average molecular weight is 334 g/mol. The molecule has 0 aromatic heterocycles. The molecular formula is C14H20ClNO4S. The fourth-order valence-electron chi connectivity index (χ4n) is 1.88. The predicted octanol–water partition coefficient (Wildman–Crippen LogP) is 2.61. The molecule has 0 atom stereocenters. The van der Waals surface area contributed by atoms with Gasteiger partial charge in [0, 0.05) is 11.6 Å². The van der Waals surface area contributed by atoms with Crippen molar-refractivity contribution >= 4 is 27.6 Å². The van der Waals surface area contributed by atoms with Crippen LogP contribution in [0.4, 0.5) is 0 Å². The second kappa shape index (κ2) is 7.77. The molecule has 0 fully saturated rings. The highest BCUT2D eigenvalue weighted by Gasteiger charge is 2.28. The average Bonchev–Trinajstić information content (AvgIpc) is 2.41. The van der Waals surface area contributed by atoms with Crippen LogP contribution in [0.5, 0.6) is 0 Å². The number of sulfonamides is 1. The van der Waals surface area contributed by atoms with Crippen LogP contribution in [0, 0.1) is 6.92 Å². The number of nitrogens with zero attached hydrogens (tertiary/aromatic N) is 1. The molecule has 0 radical (unpaired) electrons. The lowest BCUT2D eigenvalue weighted by molar-refractivity contribution is -0.143. The first-order valence-corrected chi connectivity index (χ1v) is 8.56. The van der Waals surface area contributed by atoms with Crippen molar-refractivity contribution in [1.29, 1.82) is 0 Å². The highest BCUT2D eigenvalue weighted by molar-refractivity contribution is 7.89. The van der Waals surface area contributed by atoms with E-state index in [1.807, 2.05) is 6.92 Å². The van der Waals surface area contributed by atoms with Gasteiger partial charge >= 0.3 is 5.97 Å². The number of rotatable bonds is 7. The SMILES string of the molecule is CCCN(CC(=O)OCC)S(=O)(=O)c1cc(Cl)ccc1C. The molecule has 0 aliphatic rings. The molecule has 0 saturated heterocycles. The van der Waals surface area contributed by atoms with Gasteiger partial charge < -0.3 is 4.74 Å². The number of benzene rings is 1. The number of hydrogen-bond acceptors (Lipinski definition) is 4. The summed E-state index contributed by atoms with van der Waals surface area (Å²) in [7, 11) is -3.78. The Bertz CT molecular complexity index is 601. The van der Waals surface area contributed by atoms with E-state index in [0.717, 1.165) is 4.31 Å². The molecule has 0 heterocycles. The number of halogens is 1. The van der Waals surface area contributed by atoms with Crippen LogP contribution in [0.2, 0.25) is 5.02 Å². The van der Waals surface area contributed by atoms with Crippen molar-refractivity contribution in [2.45, 2.75) is 32.1 Å². The minimum Gasteiger partial charge on any atom is -0.465 e. The largest absolute Gasteiger partial charge is 0.465 e. The van der Waals surface area contributed by atoms with E-state index in [2.05, 4.69) is 0 Å². The van der Waals surface area contributed by atoms with Crippen LogP contribution in [0.15, 0.2) is 23.1 Å². The van der Waals surface area contributed by atoms with Crippen LogP contribution in [0.3, 0.4) is 0 Å². The molecule has 5 nitrogen and oxygen atoms in total. The summed E-state index contributed by atoms with van der Waals surface area (Å²) in [6, 6.07) is 4.68. The molecule has 0 amide bonds. The van der Waals surface area contributed by atoms with Crippen molar-refractivity contribution in [1.82, 2.24) is 4.31 Å². The molecule has 0 unspecified atom stereocenters. The number of carbonyl (C=O) groups is 1. The molecule has 0 saturated carbocycles. The van der Waals surface area contributed by atoms with Crippen molar-refractivity contribution in [3.8, 4) is 0 Å². The van der Waals surface area contributed by atoms with Gasteiger partial charge in [0.2, 0.25) is 10.0 Å². The van der Waals surface area contributed by atoms with Gasteiger partial charge in [-0.1, -0.05) is 24.6 Å². The van der Waals surface area contributed by atoms with E-state index < -0.39 is 16.0 Å². The van der Waals surface area contributed by atoms with Gasteiger partial charge in [-0.05, 0) is 38.0 Å². The van der Waals surface area contributed by atoms with E-state index >= 15 is 0 Å². The monoisotopic (exact) mass is 333 g/mol. The molecule has 1 aromatic carbocycles. The van der Waals surface area contributed by atoms with E-state index in [-0.39, 0.29) is 24.6 Å². The van der Waals surface area contributed by atoms with Crippen molar-refractivity contribution < 1.29 is 17.9 Å². The smallest absolute Gasteiger partial charge is 0.321 e. The Morgan fingerprint density at radius 1 is 1.33 bits per heavy atom. The van der Waals surface area contributed by atoms with Crippen molar-refractivity contribution in [3.63, 3.8) is 0 Å². The van der Waals surface area contributed by atoms with E-state index in [1.165, 1.54) is 6.07 Å². The van der Waals surface area contributed by atoms with Gasteiger partial charge in [-0.3, -0.25) is 4.79 Å². The Morgan fingerprint density at radius 2 is 2.00 bits per heavy atom. The molecule has 0 N–H and O–H groups in total. The molecule has 7 heteroatoms. The van der Waals surface area contributed by atoms with Crippen LogP contribution in [-0.4, -0.2) is 38.4 Å². The maximum absolute atomic E-state index is 12.7. The normalized spacial score (nSPS) is 11.7. The first-order chi connectivity index (χ1) is 9.82. The zero-order valence-electron chi connectivity index (χ0n) is 12.4. The fraction of sp³-hybridized carbons (Fsp3) is 0.500. The van der Waals surface area contributed by atoms with Gasteiger partial charge in [-0.25, -0.2) is 8.42 Å². The van der Waals surface area contributed by atoms with Gasteiger partial charge in [-0.15, -0.1) is 0 Å². The first-order valence-electron chi connectivity index (χ1n) is 6.74. The standard InChI is InChI=1S/C14H20ClNO4S/c1-4-8-16(10-14(17)20-5-2)21(18,19)13-9-12(15)7-6-11(13)3/h6-7,9H,4-5,8,10H2,1-3H3. The van der Waals surface area contributed by atoms with E-state index in [1.54, 1.807) is 26.0 Å². The summed E-state index contributed by atoms with van der Waals surface area (Å²) in [4.78, 5) is 11.7. The summed E-state index contributed by atoms with van der Waals surface area (Å²) >= 11 is 5.89. The lowest BCUT2D eigenvalue weighted by Gasteiger charge is -2.21. The second-order valence-corrected chi connectivity index (χ2v) is 6.90. The Kier molecular flexibility index (Phi) is 6.64. The summed E-state index contributed by atoms with van der Waals surface area (Å²) < 4.78 is 31.4. The van der Waals surface area contributed by atoms with Gasteiger partial charge in [-0.2, -0.15) is 4.31 Å². The lowest BCUT2D eigenvalue weighted by Crippen LogP contribution is -2.37. The van der Waals surface area contributed by atoms with E-state index in [4.69, 9.17) is 16.3 Å². The third-order valence-electron chi connectivity index (χ3n) is 2.85. The molecule has 118 valence electrons. The summed E-state index contributed by atoms with van der Waals surface area (Å²) in [5, 5.41) is 0.340. The number of esters is 1. The molecule has 0 aliphatic heterocycles. The van der Waals surface area contributed by atoms with Crippen molar-refractivity contribution in [2.75, 3.05) is 19.7 Å². The fourth-order valence-corrected chi connectivity index (χ4v) is 3.84. The maximum atomic E-state index is 12.7. The van der Waals surface area contributed by atoms with Crippen LogP contribution >= 0.6 is 11.6 Å². The Hall–Kier alpha value is -1.11. The number of carbonyl (C=O) groups excluding carboxylic acids is 1. The number of hydrogen-bond donors (Lipinski definition) is 0. The van der Waals surface area contributed by atoms with Crippen molar-refractivity contribution in [2.24, 2.45) is 0 Å². The van der Waals surface area contributed by atoms with Crippen LogP contribution in [-0.2, 0) is 19.6 Å². The van der Waals surface area contributed by atoms with E-state index in [9.17, 15) is 13.2 Å². The molecular weight excluding hydrogens is 314 g/mol. The maximum Gasteiger partial charge on any atom is 0.321 e. The minimum atomic E-state index is -3.78. The molecule has 21 heavy (non-hydrogen) atoms. The van der Waals surface area contributed by atoms with Gasteiger partial charge in [0.25, 0.3) is 0 Å². The summed E-state index contributed by atoms with van der Waals surface area (Å²) in [6.07, 6.45) is 0.595. The van der Waals surface area contributed by atoms with E-state index in [0.29, 0.717) is 17.0 Å². The van der Waals surface area contributed by atoms with Crippen LogP contribution < -0.4 is 0 Å². The minimum absolute atomic E-state index is 0.118. The summed E-state index contributed by atoms with van der Waals surface area (Å²) in [5.41, 5.74) is 0.587. The number of ether oxygens (including phenoxy) is 1. The third-order valence-corrected chi connectivity index (χ3v) is 5.07. The predicted molar refractivity (Wildman–Crippen MR) is 81.9 cm³/mol. The molecule has 1 rings (SSSR count). The Labute approximate surface area is 130 Å². The van der Waals surface area contributed by atoms with Crippen LogP contribution in [0.1, 0.15) is 25.8 Å². The van der Waals surface area contributed by atoms with Gasteiger partial charge in [0.15, 0.2) is 0 Å². The van der Waals surface area contributed by atoms with Gasteiger partial charge in [0.05, 0.1) is 11.5 Å². The van der Waals surface area contributed by atoms with Gasteiger partial charge in [0.1, 0.15) is 6.54 Å². The Balaban J connectivity index is 3.15. The quantitative estimate of drug-likeness (QED) is 0.719. The highest BCUT2D eigenvalue weighted by Crippen LogP contribution is 2.23. The third kappa shape index (κ3) is 4.69. The zero-order chi connectivity index (χ0) is 16.0. The molecule has 0 aliphatic carbocycles. The molecule has 0 spiro atoms. The second-order valence-electron chi connectivity index (χ2n) is 4.55. The molecule has 1 aromatic rings. The Morgan fingerprint density at radius 3 is 2.57 bits per heavy atom. The molecule has 0 bridgehead atoms. The summed E-state index contributed by atoms with van der Waals surface area (Å²) in [5.74, 6) is -0.561. The zero-order valence-corrected chi connectivity index (χ0v) is 14.0. The lowest BCUT2D eigenvalue weighted by atomic mass is 10.2. The topological polar surface area (TPSA) is 63.7 Å². The van der Waals surface area contributed by atoms with Crippen molar-refractivity contribution in [3.05, 3.63) is 28.8 Å².